The van der Waals surface area contributed by atoms with E-state index in [1.54, 1.807) is 0 Å². The topological polar surface area (TPSA) is 27.1 Å². The Morgan fingerprint density at radius 3 is 2.64 bits per heavy atom. The molecular formula is C18H19ClN2O. The zero-order valence-electron chi connectivity index (χ0n) is 12.8. The fourth-order valence-electron chi connectivity index (χ4n) is 2.55. The van der Waals surface area contributed by atoms with Gasteiger partial charge in [0.25, 0.3) is 0 Å². The number of fused-ring (bicyclic) bond motifs is 1. The van der Waals surface area contributed by atoms with Gasteiger partial charge in [-0.1, -0.05) is 41.4 Å². The molecule has 0 atom stereocenters. The summed E-state index contributed by atoms with van der Waals surface area (Å²) in [5.41, 5.74) is 4.34. The zero-order chi connectivity index (χ0) is 15.5. The van der Waals surface area contributed by atoms with Crippen LogP contribution in [0.15, 0.2) is 42.5 Å². The minimum atomic E-state index is 0.670. The molecule has 0 N–H and O–H groups in total. The number of rotatable bonds is 5. The molecule has 0 aliphatic heterocycles. The molecule has 114 valence electrons. The van der Waals surface area contributed by atoms with E-state index < -0.39 is 0 Å². The molecule has 0 saturated carbocycles. The summed E-state index contributed by atoms with van der Waals surface area (Å²) >= 11 is 6.10. The number of aryl methyl sites for hydroxylation is 1. The first-order chi connectivity index (χ1) is 10.7. The molecule has 1 aromatic heterocycles. The Kier molecular flexibility index (Phi) is 4.46. The van der Waals surface area contributed by atoms with Gasteiger partial charge in [0.2, 0.25) is 0 Å². The van der Waals surface area contributed by atoms with Crippen molar-refractivity contribution in [1.82, 2.24) is 9.55 Å². The van der Waals surface area contributed by atoms with Gasteiger partial charge in [0, 0.05) is 23.7 Å². The maximum absolute atomic E-state index is 6.10. The van der Waals surface area contributed by atoms with Gasteiger partial charge in [-0.3, -0.25) is 0 Å². The van der Waals surface area contributed by atoms with Crippen LogP contribution in [0.2, 0.25) is 5.02 Å². The van der Waals surface area contributed by atoms with Crippen LogP contribution in [0.25, 0.3) is 22.4 Å². The highest BCUT2D eigenvalue weighted by molar-refractivity contribution is 6.31. The van der Waals surface area contributed by atoms with Crippen molar-refractivity contribution in [2.24, 2.45) is 0 Å². The highest BCUT2D eigenvalue weighted by Crippen LogP contribution is 2.27. The molecule has 22 heavy (non-hydrogen) atoms. The van der Waals surface area contributed by atoms with Crippen molar-refractivity contribution in [2.75, 3.05) is 13.2 Å². The Labute approximate surface area is 135 Å². The van der Waals surface area contributed by atoms with Crippen molar-refractivity contribution in [2.45, 2.75) is 20.4 Å². The number of ether oxygens (including phenoxy) is 1. The average molecular weight is 315 g/mol. The summed E-state index contributed by atoms with van der Waals surface area (Å²) in [4.78, 5) is 4.78. The van der Waals surface area contributed by atoms with Crippen molar-refractivity contribution >= 4 is 22.6 Å². The van der Waals surface area contributed by atoms with E-state index in [1.807, 2.05) is 25.1 Å². The van der Waals surface area contributed by atoms with E-state index in [0.29, 0.717) is 11.6 Å². The normalized spacial score (nSPS) is 11.2. The minimum Gasteiger partial charge on any atom is -0.380 e. The van der Waals surface area contributed by atoms with Gasteiger partial charge in [0.15, 0.2) is 0 Å². The van der Waals surface area contributed by atoms with E-state index in [9.17, 15) is 0 Å². The zero-order valence-corrected chi connectivity index (χ0v) is 13.6. The highest BCUT2D eigenvalue weighted by Gasteiger charge is 2.12. The third-order valence-corrected chi connectivity index (χ3v) is 3.92. The first kappa shape index (κ1) is 15.1. The molecule has 0 aliphatic rings. The third-order valence-electron chi connectivity index (χ3n) is 3.68. The van der Waals surface area contributed by atoms with E-state index in [0.717, 1.165) is 35.6 Å². The Morgan fingerprint density at radius 2 is 1.91 bits per heavy atom. The van der Waals surface area contributed by atoms with Crippen LogP contribution in [-0.2, 0) is 11.3 Å². The van der Waals surface area contributed by atoms with Crippen molar-refractivity contribution in [3.8, 4) is 11.4 Å². The summed E-state index contributed by atoms with van der Waals surface area (Å²) < 4.78 is 7.72. The van der Waals surface area contributed by atoms with Gasteiger partial charge < -0.3 is 9.30 Å². The van der Waals surface area contributed by atoms with Gasteiger partial charge >= 0.3 is 0 Å². The molecular weight excluding hydrogens is 296 g/mol. The SMILES string of the molecule is CCOCCn1c(-c2ccc(C)cc2)nc2cc(Cl)ccc21. The van der Waals surface area contributed by atoms with E-state index >= 15 is 0 Å². The van der Waals surface area contributed by atoms with Crippen LogP contribution in [-0.4, -0.2) is 22.8 Å². The number of imidazole rings is 1. The summed E-state index contributed by atoms with van der Waals surface area (Å²) in [5.74, 6) is 0.956. The van der Waals surface area contributed by atoms with Gasteiger partial charge in [0.05, 0.1) is 17.6 Å². The fraction of sp³-hybridized carbons (Fsp3) is 0.278. The fourth-order valence-corrected chi connectivity index (χ4v) is 2.72. The first-order valence-corrected chi connectivity index (χ1v) is 7.87. The second-order valence-corrected chi connectivity index (χ2v) is 5.72. The number of hydrogen-bond donors (Lipinski definition) is 0. The molecule has 3 aromatic rings. The lowest BCUT2D eigenvalue weighted by molar-refractivity contribution is 0.140. The molecule has 0 unspecified atom stereocenters. The van der Waals surface area contributed by atoms with E-state index in [1.165, 1.54) is 5.56 Å². The standard InChI is InChI=1S/C18H19ClN2O/c1-3-22-11-10-21-17-9-8-15(19)12-16(17)20-18(21)14-6-4-13(2)5-7-14/h4-9,12H,3,10-11H2,1-2H3. The van der Waals surface area contributed by atoms with Gasteiger partial charge in [-0.2, -0.15) is 0 Å². The summed E-state index contributed by atoms with van der Waals surface area (Å²) in [6.07, 6.45) is 0. The second-order valence-electron chi connectivity index (χ2n) is 5.28. The van der Waals surface area contributed by atoms with Crippen LogP contribution in [0, 0.1) is 6.92 Å². The van der Waals surface area contributed by atoms with Crippen molar-refractivity contribution in [3.63, 3.8) is 0 Å². The highest BCUT2D eigenvalue weighted by atomic mass is 35.5. The van der Waals surface area contributed by atoms with Crippen molar-refractivity contribution in [1.29, 1.82) is 0 Å². The lowest BCUT2D eigenvalue weighted by Gasteiger charge is -2.09. The molecule has 4 heteroatoms. The van der Waals surface area contributed by atoms with E-state index in [2.05, 4.69) is 35.8 Å². The number of hydrogen-bond acceptors (Lipinski definition) is 2. The van der Waals surface area contributed by atoms with Crippen LogP contribution in [0.3, 0.4) is 0 Å². The minimum absolute atomic E-state index is 0.670. The molecule has 0 bridgehead atoms. The van der Waals surface area contributed by atoms with Gasteiger partial charge in [-0.15, -0.1) is 0 Å². The number of nitrogens with zero attached hydrogens (tertiary/aromatic N) is 2. The average Bonchev–Trinajstić information content (AvgIpc) is 2.86. The second kappa shape index (κ2) is 6.51. The number of halogens is 1. The lowest BCUT2D eigenvalue weighted by atomic mass is 10.1. The monoisotopic (exact) mass is 314 g/mol. The van der Waals surface area contributed by atoms with Crippen LogP contribution < -0.4 is 0 Å². The van der Waals surface area contributed by atoms with Gasteiger partial charge in [-0.25, -0.2) is 4.98 Å². The Balaban J connectivity index is 2.10. The molecule has 0 amide bonds. The summed E-state index contributed by atoms with van der Waals surface area (Å²) in [6.45, 7) is 6.26. The molecule has 1 heterocycles. The molecule has 0 saturated heterocycles. The van der Waals surface area contributed by atoms with Crippen molar-refractivity contribution in [3.05, 3.63) is 53.1 Å². The molecule has 2 aromatic carbocycles. The predicted molar refractivity (Wildman–Crippen MR) is 91.4 cm³/mol. The summed E-state index contributed by atoms with van der Waals surface area (Å²) in [5, 5.41) is 0.706. The summed E-state index contributed by atoms with van der Waals surface area (Å²) in [6, 6.07) is 14.3. The molecule has 0 aliphatic carbocycles. The molecule has 3 nitrogen and oxygen atoms in total. The first-order valence-electron chi connectivity index (χ1n) is 7.49. The third kappa shape index (κ3) is 3.01. The van der Waals surface area contributed by atoms with Crippen molar-refractivity contribution < 1.29 is 4.74 Å². The number of benzene rings is 2. The van der Waals surface area contributed by atoms with Gasteiger partial charge in [-0.05, 0) is 32.0 Å². The van der Waals surface area contributed by atoms with Crippen LogP contribution >= 0.6 is 11.6 Å². The summed E-state index contributed by atoms with van der Waals surface area (Å²) in [7, 11) is 0. The van der Waals surface area contributed by atoms with Crippen LogP contribution in [0.4, 0.5) is 0 Å². The predicted octanol–water partition coefficient (Wildman–Crippen LogP) is 4.70. The number of aromatic nitrogens is 2. The molecule has 0 radical (unpaired) electrons. The maximum Gasteiger partial charge on any atom is 0.141 e. The van der Waals surface area contributed by atoms with Gasteiger partial charge in [0.1, 0.15) is 5.82 Å². The maximum atomic E-state index is 6.10. The quantitative estimate of drug-likeness (QED) is 0.638. The molecule has 0 fully saturated rings. The van der Waals surface area contributed by atoms with Crippen LogP contribution in [0.5, 0.6) is 0 Å². The lowest BCUT2D eigenvalue weighted by Crippen LogP contribution is -2.07. The smallest absolute Gasteiger partial charge is 0.141 e. The molecule has 0 spiro atoms. The van der Waals surface area contributed by atoms with E-state index in [-0.39, 0.29) is 0 Å². The van der Waals surface area contributed by atoms with E-state index in [4.69, 9.17) is 21.3 Å². The Bertz CT molecular complexity index is 778. The van der Waals surface area contributed by atoms with Crippen LogP contribution in [0.1, 0.15) is 12.5 Å². The Morgan fingerprint density at radius 1 is 1.14 bits per heavy atom. The largest absolute Gasteiger partial charge is 0.380 e. The molecule has 3 rings (SSSR count). The Hall–Kier alpha value is -1.84.